The van der Waals surface area contributed by atoms with Gasteiger partial charge in [0.05, 0.1) is 42.5 Å². The number of methoxy groups -OCH3 is 1. The first kappa shape index (κ1) is 36.9. The lowest BCUT2D eigenvalue weighted by molar-refractivity contribution is -0.139. The quantitative estimate of drug-likeness (QED) is 0.107. The summed E-state index contributed by atoms with van der Waals surface area (Å²) in [5, 5.41) is 33.4. The van der Waals surface area contributed by atoms with Gasteiger partial charge in [0, 0.05) is 37.1 Å². The molecule has 250 valence electrons. The molecule has 2 aromatic rings. The van der Waals surface area contributed by atoms with Crippen LogP contribution in [0.5, 0.6) is 11.5 Å². The Kier molecular flexibility index (Phi) is 16.2. The van der Waals surface area contributed by atoms with Gasteiger partial charge in [0.25, 0.3) is 0 Å². The molecular formula is C34H49IN2O8. The summed E-state index contributed by atoms with van der Waals surface area (Å²) in [6, 6.07) is 4.42. The molecule has 0 saturated carbocycles. The van der Waals surface area contributed by atoms with Crippen LogP contribution in [0.25, 0.3) is 0 Å². The minimum Gasteiger partial charge on any atom is -0.493 e. The Morgan fingerprint density at radius 2 is 1.78 bits per heavy atom. The third-order valence-electron chi connectivity index (χ3n) is 8.09. The Bertz CT molecular complexity index is 1220. The van der Waals surface area contributed by atoms with Crippen molar-refractivity contribution in [1.29, 1.82) is 0 Å². The number of nitrogens with one attached hydrogen (secondary N) is 1. The predicted molar refractivity (Wildman–Crippen MR) is 180 cm³/mol. The Balaban J connectivity index is 1.82. The number of benzene rings is 1. The van der Waals surface area contributed by atoms with Crippen molar-refractivity contribution < 1.29 is 38.8 Å². The van der Waals surface area contributed by atoms with E-state index in [1.165, 1.54) is 39.2 Å². The average molecular weight is 741 g/mol. The van der Waals surface area contributed by atoms with Crippen molar-refractivity contribution in [1.82, 2.24) is 10.2 Å². The van der Waals surface area contributed by atoms with Gasteiger partial charge < -0.3 is 39.4 Å². The van der Waals surface area contributed by atoms with Crippen LogP contribution >= 0.6 is 22.6 Å². The summed E-state index contributed by atoms with van der Waals surface area (Å²) in [6.07, 6.45) is 13.2. The van der Waals surface area contributed by atoms with Gasteiger partial charge in [-0.2, -0.15) is 0 Å². The largest absolute Gasteiger partial charge is 0.493 e. The number of halogens is 1. The molecule has 0 spiro atoms. The van der Waals surface area contributed by atoms with Crippen molar-refractivity contribution in [3.63, 3.8) is 0 Å². The zero-order valence-corrected chi connectivity index (χ0v) is 28.7. The standard InChI is InChI=1S/C34H49IN2O8/c1-3-4-5-6-7-8-9-10-11-12-31(40)37(21-24-13-16-44-23-24)28-19-26(34(42)36-14-15-38)20-29(32(28)41)45-33-27(35)17-25(22-39)18-30(33)43-2/h13,16-18,20,23,28-29,32,38-39,41H,3-12,14-15,19,21-22H2,1-2H3,(H,36,42). The summed E-state index contributed by atoms with van der Waals surface area (Å²) in [4.78, 5) is 28.6. The van der Waals surface area contributed by atoms with E-state index in [0.29, 0.717) is 32.6 Å². The Hall–Kier alpha value is -2.61. The molecule has 2 amide bonds. The van der Waals surface area contributed by atoms with Crippen LogP contribution in [0.1, 0.15) is 88.7 Å². The van der Waals surface area contributed by atoms with Gasteiger partial charge in [-0.1, -0.05) is 58.3 Å². The molecule has 1 heterocycles. The summed E-state index contributed by atoms with van der Waals surface area (Å²) < 4.78 is 17.8. The van der Waals surface area contributed by atoms with Crippen LogP contribution in [0.4, 0.5) is 0 Å². The van der Waals surface area contributed by atoms with Crippen molar-refractivity contribution in [2.45, 2.75) is 109 Å². The maximum Gasteiger partial charge on any atom is 0.247 e. The van der Waals surface area contributed by atoms with Crippen LogP contribution in [-0.4, -0.2) is 70.5 Å². The fraction of sp³-hybridized carbons (Fsp3) is 0.588. The van der Waals surface area contributed by atoms with Crippen molar-refractivity contribution >= 4 is 34.4 Å². The number of hydrogen-bond donors (Lipinski definition) is 4. The van der Waals surface area contributed by atoms with Gasteiger partial charge >= 0.3 is 0 Å². The molecule has 4 N–H and O–H groups in total. The van der Waals surface area contributed by atoms with E-state index in [9.17, 15) is 24.9 Å². The first-order chi connectivity index (χ1) is 21.8. The fourth-order valence-corrected chi connectivity index (χ4v) is 6.39. The molecule has 0 radical (unpaired) electrons. The molecule has 1 aromatic carbocycles. The van der Waals surface area contributed by atoms with Gasteiger partial charge in [-0.15, -0.1) is 0 Å². The van der Waals surface area contributed by atoms with E-state index in [2.05, 4.69) is 34.8 Å². The summed E-state index contributed by atoms with van der Waals surface area (Å²) in [6.45, 7) is 2.09. The number of furan rings is 1. The molecule has 0 aliphatic heterocycles. The van der Waals surface area contributed by atoms with Gasteiger partial charge in [0.15, 0.2) is 11.5 Å². The van der Waals surface area contributed by atoms with Crippen LogP contribution in [0, 0.1) is 3.57 Å². The van der Waals surface area contributed by atoms with Crippen LogP contribution in [0.3, 0.4) is 0 Å². The number of aliphatic hydroxyl groups excluding tert-OH is 3. The Labute approximate surface area is 280 Å². The van der Waals surface area contributed by atoms with E-state index < -0.39 is 24.2 Å². The first-order valence-corrected chi connectivity index (χ1v) is 17.1. The molecule has 0 fully saturated rings. The van der Waals surface area contributed by atoms with Crippen molar-refractivity contribution in [3.05, 3.63) is 57.1 Å². The second-order valence-electron chi connectivity index (χ2n) is 11.5. The number of ether oxygens (including phenoxy) is 2. The van der Waals surface area contributed by atoms with Gasteiger partial charge in [-0.3, -0.25) is 9.59 Å². The highest BCUT2D eigenvalue weighted by Crippen LogP contribution is 2.37. The summed E-state index contributed by atoms with van der Waals surface area (Å²) in [7, 11) is 1.49. The fourth-order valence-electron chi connectivity index (χ4n) is 5.59. The third kappa shape index (κ3) is 11.3. The zero-order valence-electron chi connectivity index (χ0n) is 26.5. The lowest BCUT2D eigenvalue weighted by Crippen LogP contribution is -2.54. The molecule has 1 aliphatic rings. The molecule has 3 atom stereocenters. The highest BCUT2D eigenvalue weighted by atomic mass is 127. The lowest BCUT2D eigenvalue weighted by Gasteiger charge is -2.40. The molecule has 0 bridgehead atoms. The molecular weight excluding hydrogens is 691 g/mol. The van der Waals surface area contributed by atoms with E-state index in [1.807, 2.05) is 0 Å². The molecule has 0 saturated heterocycles. The monoisotopic (exact) mass is 740 g/mol. The number of nitrogens with zero attached hydrogens (tertiary/aromatic N) is 1. The second kappa shape index (κ2) is 19.8. The van der Waals surface area contributed by atoms with Gasteiger partial charge in [-0.25, -0.2) is 0 Å². The molecule has 11 heteroatoms. The van der Waals surface area contributed by atoms with E-state index in [0.717, 1.165) is 31.2 Å². The van der Waals surface area contributed by atoms with Crippen molar-refractivity contribution in [3.8, 4) is 11.5 Å². The number of carbonyl (C=O) groups excluding carboxylic acids is 2. The summed E-state index contributed by atoms with van der Waals surface area (Å²) in [5.74, 6) is 0.213. The molecule has 1 aliphatic carbocycles. The van der Waals surface area contributed by atoms with Crippen molar-refractivity contribution in [2.24, 2.45) is 0 Å². The molecule has 10 nitrogen and oxygen atoms in total. The molecule has 3 rings (SSSR count). The Morgan fingerprint density at radius 1 is 1.07 bits per heavy atom. The highest BCUT2D eigenvalue weighted by Gasteiger charge is 2.41. The molecule has 3 unspecified atom stereocenters. The minimum atomic E-state index is -1.17. The average Bonchev–Trinajstić information content (AvgIpc) is 3.56. The van der Waals surface area contributed by atoms with E-state index in [1.54, 1.807) is 41.7 Å². The van der Waals surface area contributed by atoms with Crippen LogP contribution in [-0.2, 0) is 22.7 Å². The van der Waals surface area contributed by atoms with Crippen LogP contribution in [0.15, 0.2) is 46.8 Å². The predicted octanol–water partition coefficient (Wildman–Crippen LogP) is 5.25. The maximum atomic E-state index is 13.8. The van der Waals surface area contributed by atoms with Crippen LogP contribution < -0.4 is 14.8 Å². The van der Waals surface area contributed by atoms with Crippen molar-refractivity contribution in [2.75, 3.05) is 20.3 Å². The minimum absolute atomic E-state index is 0.0690. The number of amides is 2. The summed E-state index contributed by atoms with van der Waals surface area (Å²) >= 11 is 2.07. The van der Waals surface area contributed by atoms with Crippen LogP contribution in [0.2, 0.25) is 0 Å². The Morgan fingerprint density at radius 3 is 2.40 bits per heavy atom. The van der Waals surface area contributed by atoms with Gasteiger partial charge in [-0.05, 0) is 58.9 Å². The highest BCUT2D eigenvalue weighted by molar-refractivity contribution is 14.1. The van der Waals surface area contributed by atoms with E-state index in [4.69, 9.17) is 13.9 Å². The molecule has 45 heavy (non-hydrogen) atoms. The summed E-state index contributed by atoms with van der Waals surface area (Å²) in [5.41, 5.74) is 1.76. The number of rotatable bonds is 20. The lowest BCUT2D eigenvalue weighted by atomic mass is 9.87. The SMILES string of the molecule is CCCCCCCCCCCC(=O)N(Cc1ccoc1)C1CC(C(=O)NCCO)=CC(Oc2c(I)cc(CO)cc2OC)C1O. The third-order valence-corrected chi connectivity index (χ3v) is 8.89. The first-order valence-electron chi connectivity index (χ1n) is 16.0. The number of hydrogen-bond acceptors (Lipinski definition) is 8. The van der Waals surface area contributed by atoms with Gasteiger partial charge in [0.2, 0.25) is 11.8 Å². The van der Waals surface area contributed by atoms with E-state index in [-0.39, 0.29) is 38.6 Å². The smallest absolute Gasteiger partial charge is 0.247 e. The normalized spacial score (nSPS) is 17.9. The van der Waals surface area contributed by atoms with Gasteiger partial charge in [0.1, 0.15) is 12.2 Å². The topological polar surface area (TPSA) is 142 Å². The number of carbonyl (C=O) groups is 2. The zero-order chi connectivity index (χ0) is 32.6. The number of unbranched alkanes of at least 4 members (excludes halogenated alkanes) is 8. The number of aliphatic hydroxyl groups is 3. The second-order valence-corrected chi connectivity index (χ2v) is 12.7. The maximum absolute atomic E-state index is 13.8. The molecule has 1 aromatic heterocycles. The van der Waals surface area contributed by atoms with E-state index >= 15 is 0 Å².